The molecule has 0 radical (unpaired) electrons. The van der Waals surface area contributed by atoms with Crippen LogP contribution >= 0.6 is 0 Å². The summed E-state index contributed by atoms with van der Waals surface area (Å²) >= 11 is 0. The highest BCUT2D eigenvalue weighted by molar-refractivity contribution is 6.76. The molecule has 3 nitrogen and oxygen atoms in total. The van der Waals surface area contributed by atoms with Crippen LogP contribution < -0.4 is 5.32 Å². The molecule has 0 bridgehead atoms. The molecule has 0 saturated heterocycles. The monoisotopic (exact) mass is 301 g/mol. The number of rotatable bonds is 11. The third-order valence-electron chi connectivity index (χ3n) is 3.45. The van der Waals surface area contributed by atoms with Crippen LogP contribution in [0, 0.1) is 0 Å². The van der Waals surface area contributed by atoms with Crippen molar-refractivity contribution in [2.75, 3.05) is 6.61 Å². The van der Waals surface area contributed by atoms with E-state index in [0.717, 1.165) is 25.3 Å². The van der Waals surface area contributed by atoms with Gasteiger partial charge in [0.05, 0.1) is 6.61 Å². The molecule has 0 aromatic rings. The van der Waals surface area contributed by atoms with E-state index in [1.54, 1.807) is 0 Å². The zero-order valence-electron chi connectivity index (χ0n) is 14.3. The zero-order chi connectivity index (χ0) is 15.4. The molecule has 1 N–H and O–H groups in total. The van der Waals surface area contributed by atoms with Gasteiger partial charge in [-0.3, -0.25) is 0 Å². The third-order valence-corrected chi connectivity index (χ3v) is 5.15. The van der Waals surface area contributed by atoms with Gasteiger partial charge in [-0.05, 0) is 18.9 Å². The molecule has 0 rings (SSSR count). The van der Waals surface area contributed by atoms with Crippen LogP contribution in [0.2, 0.25) is 25.7 Å². The van der Waals surface area contributed by atoms with Crippen molar-refractivity contribution in [3.8, 4) is 0 Å². The number of ether oxygens (including phenoxy) is 1. The lowest BCUT2D eigenvalue weighted by Gasteiger charge is -2.19. The number of unbranched alkanes of at least 4 members (excludes halogenated alkanes) is 3. The Balaban J connectivity index is 3.88. The van der Waals surface area contributed by atoms with Crippen LogP contribution in [0.15, 0.2) is 0 Å². The van der Waals surface area contributed by atoms with Gasteiger partial charge in [0.15, 0.2) is 0 Å². The van der Waals surface area contributed by atoms with E-state index in [4.69, 9.17) is 4.74 Å². The van der Waals surface area contributed by atoms with Crippen molar-refractivity contribution >= 4 is 14.2 Å². The van der Waals surface area contributed by atoms with Crippen LogP contribution in [0.3, 0.4) is 0 Å². The summed E-state index contributed by atoms with van der Waals surface area (Å²) in [5, 5.41) is 3.04. The number of hydrogen-bond donors (Lipinski definition) is 1. The third kappa shape index (κ3) is 12.5. The SMILES string of the molecule is CCCCCCC(CCC)NC(=O)OCC[Si](C)(C)C. The standard InChI is InChI=1S/C16H35NO2Si/c1-6-8-9-10-12-15(11-7-2)17-16(18)19-13-14-20(3,4)5/h15H,6-14H2,1-5H3,(H,17,18). The molecule has 1 amide bonds. The quantitative estimate of drug-likeness (QED) is 0.421. The molecular formula is C16H35NO2Si. The second-order valence-corrected chi connectivity index (χ2v) is 12.5. The highest BCUT2D eigenvalue weighted by Crippen LogP contribution is 2.11. The van der Waals surface area contributed by atoms with E-state index in [1.807, 2.05) is 0 Å². The van der Waals surface area contributed by atoms with Crippen molar-refractivity contribution in [1.82, 2.24) is 5.32 Å². The second kappa shape index (κ2) is 11.2. The van der Waals surface area contributed by atoms with Crippen LogP contribution in [0.5, 0.6) is 0 Å². The summed E-state index contributed by atoms with van der Waals surface area (Å²) in [5.74, 6) is 0. The predicted octanol–water partition coefficient (Wildman–Crippen LogP) is 5.19. The van der Waals surface area contributed by atoms with Crippen molar-refractivity contribution in [2.45, 2.75) is 90.5 Å². The largest absolute Gasteiger partial charge is 0.450 e. The van der Waals surface area contributed by atoms with E-state index >= 15 is 0 Å². The van der Waals surface area contributed by atoms with Crippen molar-refractivity contribution in [1.29, 1.82) is 0 Å². The second-order valence-electron chi connectivity index (χ2n) is 6.93. The average molecular weight is 302 g/mol. The summed E-state index contributed by atoms with van der Waals surface area (Å²) < 4.78 is 5.31. The Morgan fingerprint density at radius 1 is 1.05 bits per heavy atom. The van der Waals surface area contributed by atoms with Crippen molar-refractivity contribution in [3.05, 3.63) is 0 Å². The molecule has 0 aromatic carbocycles. The Bertz CT molecular complexity index is 251. The van der Waals surface area contributed by atoms with Crippen LogP contribution in [0.4, 0.5) is 4.79 Å². The summed E-state index contributed by atoms with van der Waals surface area (Å²) in [4.78, 5) is 11.8. The molecule has 20 heavy (non-hydrogen) atoms. The molecular weight excluding hydrogens is 266 g/mol. The highest BCUT2D eigenvalue weighted by atomic mass is 28.3. The van der Waals surface area contributed by atoms with Gasteiger partial charge < -0.3 is 10.1 Å². The summed E-state index contributed by atoms with van der Waals surface area (Å²) in [6.45, 7) is 11.8. The van der Waals surface area contributed by atoms with E-state index < -0.39 is 8.07 Å². The number of amides is 1. The maximum Gasteiger partial charge on any atom is 0.407 e. The van der Waals surface area contributed by atoms with Gasteiger partial charge in [-0.2, -0.15) is 0 Å². The Kier molecular flexibility index (Phi) is 10.9. The van der Waals surface area contributed by atoms with Crippen LogP contribution in [-0.4, -0.2) is 26.8 Å². The molecule has 0 aliphatic rings. The molecule has 0 aromatic heterocycles. The van der Waals surface area contributed by atoms with E-state index in [0.29, 0.717) is 6.61 Å². The molecule has 0 aliphatic heterocycles. The highest BCUT2D eigenvalue weighted by Gasteiger charge is 2.15. The van der Waals surface area contributed by atoms with Crippen LogP contribution in [0.25, 0.3) is 0 Å². The summed E-state index contributed by atoms with van der Waals surface area (Å²) in [6, 6.07) is 1.33. The van der Waals surface area contributed by atoms with Gasteiger partial charge in [0.2, 0.25) is 0 Å². The zero-order valence-corrected chi connectivity index (χ0v) is 15.3. The maximum absolute atomic E-state index is 11.8. The molecule has 0 saturated carbocycles. The minimum Gasteiger partial charge on any atom is -0.450 e. The van der Waals surface area contributed by atoms with Crippen LogP contribution in [0.1, 0.15) is 58.8 Å². The first-order chi connectivity index (χ1) is 9.39. The lowest BCUT2D eigenvalue weighted by atomic mass is 10.0. The van der Waals surface area contributed by atoms with Gasteiger partial charge in [-0.15, -0.1) is 0 Å². The molecule has 0 heterocycles. The molecule has 1 unspecified atom stereocenters. The number of carbonyl (C=O) groups is 1. The van der Waals surface area contributed by atoms with Gasteiger partial charge in [-0.25, -0.2) is 4.79 Å². The Labute approximate surface area is 126 Å². The number of nitrogens with one attached hydrogen (secondary N) is 1. The lowest BCUT2D eigenvalue weighted by molar-refractivity contribution is 0.146. The Hall–Kier alpha value is -0.513. The van der Waals surface area contributed by atoms with E-state index in [-0.39, 0.29) is 12.1 Å². The lowest BCUT2D eigenvalue weighted by Crippen LogP contribution is -2.36. The number of alkyl carbamates (subject to hydrolysis) is 1. The molecule has 0 aliphatic carbocycles. The summed E-state index contributed by atoms with van der Waals surface area (Å²) in [6.07, 6.45) is 8.03. The van der Waals surface area contributed by atoms with E-state index in [2.05, 4.69) is 38.8 Å². The fraction of sp³-hybridized carbons (Fsp3) is 0.938. The predicted molar refractivity (Wildman–Crippen MR) is 90.1 cm³/mol. The first kappa shape index (κ1) is 19.5. The van der Waals surface area contributed by atoms with Gasteiger partial charge >= 0.3 is 6.09 Å². The van der Waals surface area contributed by atoms with Crippen molar-refractivity contribution < 1.29 is 9.53 Å². The fourth-order valence-electron chi connectivity index (χ4n) is 2.11. The van der Waals surface area contributed by atoms with Gasteiger partial charge in [0, 0.05) is 14.1 Å². The Morgan fingerprint density at radius 3 is 2.30 bits per heavy atom. The first-order valence-corrected chi connectivity index (χ1v) is 12.0. The van der Waals surface area contributed by atoms with E-state index in [1.165, 1.54) is 25.7 Å². The molecule has 120 valence electrons. The molecule has 4 heteroatoms. The van der Waals surface area contributed by atoms with Gasteiger partial charge in [-0.1, -0.05) is 65.6 Å². The average Bonchev–Trinajstić information content (AvgIpc) is 2.33. The first-order valence-electron chi connectivity index (χ1n) is 8.32. The summed E-state index contributed by atoms with van der Waals surface area (Å²) in [7, 11) is -1.11. The minimum absolute atomic E-state index is 0.225. The smallest absolute Gasteiger partial charge is 0.407 e. The molecule has 1 atom stereocenters. The number of carbonyl (C=O) groups excluding carboxylic acids is 1. The normalized spacial score (nSPS) is 13.1. The topological polar surface area (TPSA) is 38.3 Å². The minimum atomic E-state index is -1.11. The fourth-order valence-corrected chi connectivity index (χ4v) is 2.83. The summed E-state index contributed by atoms with van der Waals surface area (Å²) in [5.41, 5.74) is 0. The van der Waals surface area contributed by atoms with Gasteiger partial charge in [0.1, 0.15) is 0 Å². The maximum atomic E-state index is 11.8. The number of hydrogen-bond acceptors (Lipinski definition) is 2. The van der Waals surface area contributed by atoms with Crippen LogP contribution in [-0.2, 0) is 4.74 Å². The van der Waals surface area contributed by atoms with Crippen molar-refractivity contribution in [2.24, 2.45) is 0 Å². The van der Waals surface area contributed by atoms with Crippen molar-refractivity contribution in [3.63, 3.8) is 0 Å². The Morgan fingerprint density at radius 2 is 1.75 bits per heavy atom. The molecule has 0 spiro atoms. The van der Waals surface area contributed by atoms with Gasteiger partial charge in [0.25, 0.3) is 0 Å². The van der Waals surface area contributed by atoms with E-state index in [9.17, 15) is 4.79 Å². The molecule has 0 fully saturated rings.